The van der Waals surface area contributed by atoms with E-state index >= 15 is 0 Å². The van der Waals surface area contributed by atoms with Gasteiger partial charge in [0.05, 0.1) is 12.2 Å². The number of sulfonamides is 1. The Hall–Kier alpha value is -3.66. The summed E-state index contributed by atoms with van der Waals surface area (Å²) >= 11 is 0. The third kappa shape index (κ3) is 4.43. The lowest BCUT2D eigenvalue weighted by Crippen LogP contribution is -2.30. The van der Waals surface area contributed by atoms with Crippen molar-refractivity contribution < 1.29 is 21.6 Å². The molecule has 0 spiro atoms. The first-order valence-corrected chi connectivity index (χ1v) is 10.6. The number of nitrogens with zero attached hydrogens (tertiary/aromatic N) is 4. The third-order valence-corrected chi connectivity index (χ3v) is 6.18. The Morgan fingerprint density at radius 3 is 2.29 bits per heavy atom. The number of rotatable bonds is 7. The number of para-hydroxylation sites is 1. The number of hydrogen-bond donors (Lipinski definition) is 0. The first kappa shape index (κ1) is 20.6. The minimum atomic E-state index is -3.87. The van der Waals surface area contributed by atoms with Gasteiger partial charge in [-0.15, -0.1) is 10.2 Å². The summed E-state index contributed by atoms with van der Waals surface area (Å²) in [7, 11) is -3.87. The average molecular weight is 442 g/mol. The monoisotopic (exact) mass is 442 g/mol. The number of anilines is 1. The Kier molecular flexibility index (Phi) is 5.72. The number of aromatic nitrogens is 3. The molecule has 0 aliphatic rings. The summed E-state index contributed by atoms with van der Waals surface area (Å²) in [6, 6.07) is 18.3. The zero-order valence-corrected chi connectivity index (χ0v) is 16.8. The van der Waals surface area contributed by atoms with Crippen molar-refractivity contribution in [2.75, 3.05) is 4.31 Å². The summed E-state index contributed by atoms with van der Waals surface area (Å²) in [5.41, 5.74) is 1.62. The largest absolute Gasteiger partial charge is 0.415 e. The van der Waals surface area contributed by atoms with Crippen LogP contribution in [0.2, 0.25) is 0 Å². The molecule has 0 bridgehead atoms. The highest BCUT2D eigenvalue weighted by Gasteiger charge is 2.25. The molecule has 2 heterocycles. The van der Waals surface area contributed by atoms with Gasteiger partial charge in [-0.3, -0.25) is 9.29 Å². The predicted octanol–water partition coefficient (Wildman–Crippen LogP) is 4.46. The average Bonchev–Trinajstić information content (AvgIpc) is 3.30. The lowest BCUT2D eigenvalue weighted by Gasteiger charge is -2.24. The highest BCUT2D eigenvalue weighted by Crippen LogP contribution is 2.27. The fourth-order valence-electron chi connectivity index (χ4n) is 2.89. The van der Waals surface area contributed by atoms with Crippen LogP contribution < -0.4 is 4.31 Å². The van der Waals surface area contributed by atoms with Gasteiger partial charge in [-0.1, -0.05) is 30.3 Å². The Bertz CT molecular complexity index is 1250. The molecule has 0 radical (unpaired) electrons. The molecule has 4 rings (SSSR count). The van der Waals surface area contributed by atoms with Crippen molar-refractivity contribution in [1.82, 2.24) is 15.2 Å². The minimum absolute atomic E-state index is 0.0373. The molecule has 0 saturated heterocycles. The first-order valence-electron chi connectivity index (χ1n) is 9.14. The normalized spacial score (nSPS) is 11.6. The zero-order valence-electron chi connectivity index (χ0n) is 16.0. The van der Waals surface area contributed by atoms with Crippen LogP contribution in [0, 0.1) is 0 Å². The van der Waals surface area contributed by atoms with Crippen LogP contribution in [0.4, 0.5) is 14.5 Å². The lowest BCUT2D eigenvalue weighted by atomic mass is 10.1. The maximum Gasteiger partial charge on any atom is 0.314 e. The maximum atomic E-state index is 13.3. The molecule has 2 aromatic heterocycles. The third-order valence-electron chi connectivity index (χ3n) is 4.42. The topological polar surface area (TPSA) is 89.2 Å². The molecule has 4 aromatic rings. The van der Waals surface area contributed by atoms with E-state index in [0.717, 1.165) is 0 Å². The molecular weight excluding hydrogens is 426 g/mol. The fourth-order valence-corrected chi connectivity index (χ4v) is 4.31. The number of alkyl halides is 2. The van der Waals surface area contributed by atoms with Crippen molar-refractivity contribution in [2.45, 2.75) is 17.9 Å². The molecule has 0 aliphatic heterocycles. The van der Waals surface area contributed by atoms with E-state index in [1.807, 2.05) is 0 Å². The molecule has 7 nitrogen and oxygen atoms in total. The van der Waals surface area contributed by atoms with E-state index in [1.165, 1.54) is 22.8 Å². The van der Waals surface area contributed by atoms with Crippen LogP contribution in [0.5, 0.6) is 0 Å². The van der Waals surface area contributed by atoms with Crippen LogP contribution in [-0.4, -0.2) is 23.6 Å². The molecule has 0 atom stereocenters. The summed E-state index contributed by atoms with van der Waals surface area (Å²) in [5, 5.41) is 6.92. The van der Waals surface area contributed by atoms with Crippen LogP contribution in [0.3, 0.4) is 0 Å². The summed E-state index contributed by atoms with van der Waals surface area (Å²) in [6.45, 7) is 0.0492. The van der Waals surface area contributed by atoms with Crippen LogP contribution in [0.1, 0.15) is 17.9 Å². The highest BCUT2D eigenvalue weighted by atomic mass is 32.2. The molecule has 31 heavy (non-hydrogen) atoms. The molecular formula is C21H16F2N4O3S. The molecule has 2 aromatic carbocycles. The van der Waals surface area contributed by atoms with Gasteiger partial charge in [0.2, 0.25) is 5.89 Å². The van der Waals surface area contributed by atoms with E-state index in [1.54, 1.807) is 60.7 Å². The van der Waals surface area contributed by atoms with E-state index in [-0.39, 0.29) is 17.3 Å². The number of benzene rings is 2. The SMILES string of the molecule is O=S(=O)(c1cccnc1)N(Cc1ccc(-c2nnc(C(F)F)o2)cc1)c1ccccc1. The van der Waals surface area contributed by atoms with E-state index in [9.17, 15) is 17.2 Å². The maximum absolute atomic E-state index is 13.3. The minimum Gasteiger partial charge on any atom is -0.415 e. The lowest BCUT2D eigenvalue weighted by molar-refractivity contribution is 0.116. The molecule has 0 aliphatic carbocycles. The highest BCUT2D eigenvalue weighted by molar-refractivity contribution is 7.92. The van der Waals surface area contributed by atoms with E-state index in [0.29, 0.717) is 16.8 Å². The van der Waals surface area contributed by atoms with Crippen LogP contribution in [0.15, 0.2) is 88.4 Å². The molecule has 158 valence electrons. The molecule has 0 fully saturated rings. The van der Waals surface area contributed by atoms with Crippen molar-refractivity contribution in [3.8, 4) is 11.5 Å². The van der Waals surface area contributed by atoms with Crippen molar-refractivity contribution >= 4 is 15.7 Å². The standard InChI is InChI=1S/C21H16F2N4O3S/c22-19(23)21-26-25-20(30-21)16-10-8-15(9-11-16)14-27(17-5-2-1-3-6-17)31(28,29)18-7-4-12-24-13-18/h1-13,19H,14H2. The van der Waals surface area contributed by atoms with E-state index in [4.69, 9.17) is 4.42 Å². The van der Waals surface area contributed by atoms with Crippen molar-refractivity contribution in [3.63, 3.8) is 0 Å². The fraction of sp³-hybridized carbons (Fsp3) is 0.0952. The number of hydrogen-bond acceptors (Lipinski definition) is 6. The van der Waals surface area contributed by atoms with Gasteiger partial charge in [-0.05, 0) is 42.0 Å². The van der Waals surface area contributed by atoms with Crippen LogP contribution >= 0.6 is 0 Å². The van der Waals surface area contributed by atoms with E-state index < -0.39 is 22.3 Å². The predicted molar refractivity (Wildman–Crippen MR) is 109 cm³/mol. The summed E-state index contributed by atoms with van der Waals surface area (Å²) in [6.07, 6.45) is -0.0517. The molecule has 0 N–H and O–H groups in total. The van der Waals surface area contributed by atoms with Crippen molar-refractivity contribution in [2.24, 2.45) is 0 Å². The van der Waals surface area contributed by atoms with Gasteiger partial charge in [0.1, 0.15) is 4.90 Å². The second-order valence-electron chi connectivity index (χ2n) is 6.48. The van der Waals surface area contributed by atoms with Gasteiger partial charge in [-0.25, -0.2) is 8.42 Å². The Labute approximate surface area is 177 Å². The second-order valence-corrected chi connectivity index (χ2v) is 8.34. The van der Waals surface area contributed by atoms with Gasteiger partial charge < -0.3 is 4.42 Å². The summed E-state index contributed by atoms with van der Waals surface area (Å²) < 4.78 is 58.1. The quantitative estimate of drug-likeness (QED) is 0.420. The van der Waals surface area contributed by atoms with Crippen molar-refractivity contribution in [1.29, 1.82) is 0 Å². The zero-order chi connectivity index (χ0) is 21.8. The smallest absolute Gasteiger partial charge is 0.314 e. The molecule has 0 amide bonds. The van der Waals surface area contributed by atoms with Crippen LogP contribution in [-0.2, 0) is 16.6 Å². The van der Waals surface area contributed by atoms with E-state index in [2.05, 4.69) is 15.2 Å². The van der Waals surface area contributed by atoms with Gasteiger partial charge in [-0.2, -0.15) is 8.78 Å². The summed E-state index contributed by atoms with van der Waals surface area (Å²) in [5.74, 6) is -0.790. The van der Waals surface area contributed by atoms with Gasteiger partial charge in [0.25, 0.3) is 15.9 Å². The number of halogens is 2. The first-order chi connectivity index (χ1) is 14.9. The Balaban J connectivity index is 1.64. The molecule has 10 heteroatoms. The number of pyridine rings is 1. The Morgan fingerprint density at radius 2 is 1.68 bits per heavy atom. The summed E-state index contributed by atoms with van der Waals surface area (Å²) in [4.78, 5) is 3.98. The Morgan fingerprint density at radius 1 is 0.935 bits per heavy atom. The second kappa shape index (κ2) is 8.60. The van der Waals surface area contributed by atoms with Gasteiger partial charge in [0.15, 0.2) is 0 Å². The van der Waals surface area contributed by atoms with Crippen molar-refractivity contribution in [3.05, 3.63) is 90.6 Å². The molecule has 0 unspecified atom stereocenters. The van der Waals surface area contributed by atoms with Crippen LogP contribution in [0.25, 0.3) is 11.5 Å². The molecule has 0 saturated carbocycles. The van der Waals surface area contributed by atoms with Gasteiger partial charge >= 0.3 is 6.43 Å². The van der Waals surface area contributed by atoms with Gasteiger partial charge in [0, 0.05) is 18.0 Å².